The molecule has 0 fully saturated rings. The Labute approximate surface area is 159 Å². The average molecular weight is 371 g/mol. The van der Waals surface area contributed by atoms with E-state index in [4.69, 9.17) is 18.9 Å². The van der Waals surface area contributed by atoms with Gasteiger partial charge in [0.15, 0.2) is 23.0 Å². The summed E-state index contributed by atoms with van der Waals surface area (Å²) in [6.07, 6.45) is 0. The standard InChI is InChI=1S/C21H25NO5/c1-13(2)20(14-5-8-17-19(11-14)27-10-9-26-17)22-21(23)15-6-7-16(24-3)18(12-15)25-4/h5-8,11-13,20H,9-10H2,1-4H3,(H,22,23)/t20-/m0/s1. The first kappa shape index (κ1) is 18.9. The Kier molecular flexibility index (Phi) is 5.74. The zero-order valence-electron chi connectivity index (χ0n) is 16.1. The monoisotopic (exact) mass is 371 g/mol. The van der Waals surface area contributed by atoms with E-state index in [0.29, 0.717) is 36.0 Å². The summed E-state index contributed by atoms with van der Waals surface area (Å²) in [4.78, 5) is 12.8. The predicted molar refractivity (Wildman–Crippen MR) is 102 cm³/mol. The van der Waals surface area contributed by atoms with Crippen molar-refractivity contribution < 1.29 is 23.7 Å². The van der Waals surface area contributed by atoms with Crippen molar-refractivity contribution in [1.29, 1.82) is 0 Å². The van der Waals surface area contributed by atoms with Crippen molar-refractivity contribution in [3.63, 3.8) is 0 Å². The van der Waals surface area contributed by atoms with Gasteiger partial charge in [0.05, 0.1) is 20.3 Å². The molecular weight excluding hydrogens is 346 g/mol. The highest BCUT2D eigenvalue weighted by molar-refractivity contribution is 5.95. The van der Waals surface area contributed by atoms with Gasteiger partial charge in [0, 0.05) is 5.56 Å². The number of fused-ring (bicyclic) bond motifs is 1. The first-order valence-electron chi connectivity index (χ1n) is 8.96. The fourth-order valence-electron chi connectivity index (χ4n) is 3.09. The van der Waals surface area contributed by atoms with Crippen LogP contribution in [0, 0.1) is 5.92 Å². The van der Waals surface area contributed by atoms with Crippen molar-refractivity contribution >= 4 is 5.91 Å². The van der Waals surface area contributed by atoms with Gasteiger partial charge in [-0.25, -0.2) is 0 Å². The third-order valence-corrected chi connectivity index (χ3v) is 4.52. The van der Waals surface area contributed by atoms with E-state index < -0.39 is 0 Å². The van der Waals surface area contributed by atoms with Crippen LogP contribution in [-0.2, 0) is 0 Å². The molecule has 0 saturated heterocycles. The molecule has 0 unspecified atom stereocenters. The second kappa shape index (κ2) is 8.20. The Hall–Kier alpha value is -2.89. The summed E-state index contributed by atoms with van der Waals surface area (Å²) in [6.45, 7) is 5.21. The number of benzene rings is 2. The number of hydrogen-bond donors (Lipinski definition) is 1. The summed E-state index contributed by atoms with van der Waals surface area (Å²) in [5.41, 5.74) is 1.49. The van der Waals surface area contributed by atoms with Crippen LogP contribution in [0.4, 0.5) is 0 Å². The number of carbonyl (C=O) groups excluding carboxylic acids is 1. The average Bonchev–Trinajstić information content (AvgIpc) is 2.70. The number of hydrogen-bond acceptors (Lipinski definition) is 5. The maximum Gasteiger partial charge on any atom is 0.251 e. The number of nitrogens with one attached hydrogen (secondary N) is 1. The molecule has 1 N–H and O–H groups in total. The lowest BCUT2D eigenvalue weighted by Crippen LogP contribution is -2.32. The van der Waals surface area contributed by atoms with Crippen molar-refractivity contribution in [3.05, 3.63) is 47.5 Å². The third-order valence-electron chi connectivity index (χ3n) is 4.52. The van der Waals surface area contributed by atoms with Crippen LogP contribution in [0.3, 0.4) is 0 Å². The Bertz CT molecular complexity index is 818. The molecule has 1 atom stereocenters. The summed E-state index contributed by atoms with van der Waals surface area (Å²) in [5, 5.41) is 3.11. The van der Waals surface area contributed by atoms with E-state index in [-0.39, 0.29) is 17.9 Å². The van der Waals surface area contributed by atoms with E-state index in [9.17, 15) is 4.79 Å². The molecule has 1 heterocycles. The molecule has 0 aromatic heterocycles. The minimum Gasteiger partial charge on any atom is -0.493 e. The van der Waals surface area contributed by atoms with Crippen LogP contribution in [0.15, 0.2) is 36.4 Å². The highest BCUT2D eigenvalue weighted by Gasteiger charge is 2.22. The molecule has 6 heteroatoms. The zero-order valence-corrected chi connectivity index (χ0v) is 16.1. The molecular formula is C21H25NO5. The Morgan fingerprint density at radius 3 is 2.33 bits per heavy atom. The van der Waals surface area contributed by atoms with Crippen molar-refractivity contribution in [2.45, 2.75) is 19.9 Å². The zero-order chi connectivity index (χ0) is 19.4. The highest BCUT2D eigenvalue weighted by atomic mass is 16.6. The summed E-state index contributed by atoms with van der Waals surface area (Å²) in [5.74, 6) is 2.57. The quantitative estimate of drug-likeness (QED) is 0.840. The molecule has 27 heavy (non-hydrogen) atoms. The molecule has 0 aliphatic carbocycles. The minimum absolute atomic E-state index is 0.165. The number of methoxy groups -OCH3 is 2. The summed E-state index contributed by atoms with van der Waals surface area (Å²) >= 11 is 0. The number of carbonyl (C=O) groups is 1. The SMILES string of the molecule is COc1ccc(C(=O)N[C@H](c2ccc3c(c2)OCCO3)C(C)C)cc1OC. The maximum absolute atomic E-state index is 12.8. The van der Waals surface area contributed by atoms with Gasteiger partial charge in [-0.1, -0.05) is 19.9 Å². The topological polar surface area (TPSA) is 66.0 Å². The fraction of sp³-hybridized carbons (Fsp3) is 0.381. The molecule has 2 aromatic rings. The van der Waals surface area contributed by atoms with E-state index in [2.05, 4.69) is 19.2 Å². The lowest BCUT2D eigenvalue weighted by Gasteiger charge is -2.25. The highest BCUT2D eigenvalue weighted by Crippen LogP contribution is 2.35. The van der Waals surface area contributed by atoms with Crippen LogP contribution in [0.2, 0.25) is 0 Å². The molecule has 1 aliphatic rings. The molecule has 0 radical (unpaired) electrons. The lowest BCUT2D eigenvalue weighted by atomic mass is 9.95. The van der Waals surface area contributed by atoms with Gasteiger partial charge in [0.1, 0.15) is 13.2 Å². The van der Waals surface area contributed by atoms with Crippen molar-refractivity contribution in [2.24, 2.45) is 5.92 Å². The van der Waals surface area contributed by atoms with E-state index in [0.717, 1.165) is 11.3 Å². The van der Waals surface area contributed by atoms with Crippen molar-refractivity contribution in [2.75, 3.05) is 27.4 Å². The maximum atomic E-state index is 12.8. The molecule has 0 saturated carbocycles. The van der Waals surface area contributed by atoms with Crippen LogP contribution in [-0.4, -0.2) is 33.3 Å². The Morgan fingerprint density at radius 1 is 0.963 bits per heavy atom. The first-order valence-corrected chi connectivity index (χ1v) is 8.96. The second-order valence-electron chi connectivity index (χ2n) is 6.67. The second-order valence-corrected chi connectivity index (χ2v) is 6.67. The molecule has 1 aliphatic heterocycles. The van der Waals surface area contributed by atoms with Crippen molar-refractivity contribution in [1.82, 2.24) is 5.32 Å². The largest absolute Gasteiger partial charge is 0.493 e. The van der Waals surface area contributed by atoms with E-state index in [1.54, 1.807) is 32.4 Å². The van der Waals surface area contributed by atoms with E-state index in [1.807, 2.05) is 18.2 Å². The summed E-state index contributed by atoms with van der Waals surface area (Å²) in [7, 11) is 3.11. The molecule has 2 aromatic carbocycles. The lowest BCUT2D eigenvalue weighted by molar-refractivity contribution is 0.0925. The third kappa shape index (κ3) is 4.10. The van der Waals surface area contributed by atoms with E-state index in [1.165, 1.54) is 0 Å². The van der Waals surface area contributed by atoms with Crippen LogP contribution in [0.5, 0.6) is 23.0 Å². The van der Waals surface area contributed by atoms with Crippen LogP contribution in [0.25, 0.3) is 0 Å². The molecule has 0 bridgehead atoms. The van der Waals surface area contributed by atoms with Crippen LogP contribution >= 0.6 is 0 Å². The summed E-state index contributed by atoms with van der Waals surface area (Å²) in [6, 6.07) is 10.7. The molecule has 6 nitrogen and oxygen atoms in total. The van der Waals surface area contributed by atoms with E-state index >= 15 is 0 Å². The van der Waals surface area contributed by atoms with Gasteiger partial charge in [0.2, 0.25) is 0 Å². The first-order chi connectivity index (χ1) is 13.0. The van der Waals surface area contributed by atoms with Crippen LogP contribution < -0.4 is 24.3 Å². The van der Waals surface area contributed by atoms with Gasteiger partial charge in [-0.15, -0.1) is 0 Å². The molecule has 0 spiro atoms. The Morgan fingerprint density at radius 2 is 1.67 bits per heavy atom. The van der Waals surface area contributed by atoms with Gasteiger partial charge in [-0.05, 0) is 41.8 Å². The number of ether oxygens (including phenoxy) is 4. The van der Waals surface area contributed by atoms with Gasteiger partial charge in [-0.2, -0.15) is 0 Å². The predicted octanol–water partition coefficient (Wildman–Crippen LogP) is 3.60. The van der Waals surface area contributed by atoms with Gasteiger partial charge >= 0.3 is 0 Å². The Balaban J connectivity index is 1.83. The van der Waals surface area contributed by atoms with Crippen molar-refractivity contribution in [3.8, 4) is 23.0 Å². The number of amides is 1. The normalized spacial score (nSPS) is 13.8. The van der Waals surface area contributed by atoms with Gasteiger partial charge in [0.25, 0.3) is 5.91 Å². The molecule has 144 valence electrons. The van der Waals surface area contributed by atoms with Crippen LogP contribution in [0.1, 0.15) is 35.8 Å². The summed E-state index contributed by atoms with van der Waals surface area (Å²) < 4.78 is 21.8. The van der Waals surface area contributed by atoms with Gasteiger partial charge < -0.3 is 24.3 Å². The number of rotatable bonds is 6. The fourth-order valence-corrected chi connectivity index (χ4v) is 3.09. The smallest absolute Gasteiger partial charge is 0.251 e. The van der Waals surface area contributed by atoms with Gasteiger partial charge in [-0.3, -0.25) is 4.79 Å². The molecule has 1 amide bonds. The minimum atomic E-state index is -0.176. The molecule has 3 rings (SSSR count).